The Bertz CT molecular complexity index is 1010. The van der Waals surface area contributed by atoms with Crippen molar-refractivity contribution in [3.63, 3.8) is 0 Å². The third kappa shape index (κ3) is 2.91. The van der Waals surface area contributed by atoms with Crippen molar-refractivity contribution in [1.82, 2.24) is 0 Å². The maximum Gasteiger partial charge on any atom is 0.337 e. The summed E-state index contributed by atoms with van der Waals surface area (Å²) in [6, 6.07) is 14.0. The summed E-state index contributed by atoms with van der Waals surface area (Å²) in [7, 11) is 1.35. The second-order valence-electron chi connectivity index (χ2n) is 7.98. The lowest BCUT2D eigenvalue weighted by Gasteiger charge is -2.17. The first-order valence-electron chi connectivity index (χ1n) is 10.0. The number of nitrogens with zero attached hydrogens (tertiary/aromatic N) is 1. The quantitative estimate of drug-likeness (QED) is 0.435. The standard InChI is InChI=1S/C24H21NO5/c1-29-24(28)15-4-2-14(3-5-15)13-30-19-10-8-18(9-11-19)25-22(26)20-16-6-7-17(12-16)21(20)23(25)27/h2-11,16-17,20-21H,12-13H2,1H3/t16-,17+,20-,21+. The van der Waals surface area contributed by atoms with E-state index in [2.05, 4.69) is 16.9 Å². The number of fused-ring (bicyclic) bond motifs is 5. The minimum atomic E-state index is -0.378. The Morgan fingerprint density at radius 3 is 2.10 bits per heavy atom. The van der Waals surface area contributed by atoms with Crippen molar-refractivity contribution in [1.29, 1.82) is 0 Å². The van der Waals surface area contributed by atoms with Gasteiger partial charge < -0.3 is 9.47 Å². The molecule has 6 heteroatoms. The molecule has 30 heavy (non-hydrogen) atoms. The van der Waals surface area contributed by atoms with Crippen LogP contribution in [0.25, 0.3) is 0 Å². The lowest BCUT2D eigenvalue weighted by atomic mass is 9.85. The number of rotatable bonds is 5. The van der Waals surface area contributed by atoms with Crippen molar-refractivity contribution in [2.75, 3.05) is 12.0 Å². The van der Waals surface area contributed by atoms with Crippen molar-refractivity contribution in [3.05, 3.63) is 71.8 Å². The summed E-state index contributed by atoms with van der Waals surface area (Å²) in [5.41, 5.74) is 1.99. The van der Waals surface area contributed by atoms with Crippen molar-refractivity contribution in [2.45, 2.75) is 13.0 Å². The first-order chi connectivity index (χ1) is 14.6. The van der Waals surface area contributed by atoms with Gasteiger partial charge in [0, 0.05) is 0 Å². The van der Waals surface area contributed by atoms with Gasteiger partial charge in [-0.05, 0) is 60.2 Å². The van der Waals surface area contributed by atoms with E-state index in [0.717, 1.165) is 12.0 Å². The number of amides is 2. The zero-order valence-corrected chi connectivity index (χ0v) is 16.5. The lowest BCUT2D eigenvalue weighted by Crippen LogP contribution is -2.32. The van der Waals surface area contributed by atoms with Crippen LogP contribution < -0.4 is 9.64 Å². The average molecular weight is 403 g/mol. The first-order valence-corrected chi connectivity index (χ1v) is 10.0. The normalized spacial score (nSPS) is 26.2. The molecular formula is C24H21NO5. The number of hydrogen-bond acceptors (Lipinski definition) is 5. The smallest absolute Gasteiger partial charge is 0.337 e. The molecule has 2 aliphatic carbocycles. The fraction of sp³-hybridized carbons (Fsp3) is 0.292. The third-order valence-electron chi connectivity index (χ3n) is 6.35. The number of anilines is 1. The van der Waals surface area contributed by atoms with E-state index in [1.54, 1.807) is 36.4 Å². The second-order valence-corrected chi connectivity index (χ2v) is 7.98. The summed E-state index contributed by atoms with van der Waals surface area (Å²) in [6.45, 7) is 0.335. The molecule has 2 amide bonds. The van der Waals surface area contributed by atoms with Crippen molar-refractivity contribution in [3.8, 4) is 5.75 Å². The lowest BCUT2D eigenvalue weighted by molar-refractivity contribution is -0.123. The van der Waals surface area contributed by atoms with Crippen LogP contribution >= 0.6 is 0 Å². The van der Waals surface area contributed by atoms with Gasteiger partial charge >= 0.3 is 5.97 Å². The molecular weight excluding hydrogens is 382 g/mol. The predicted molar refractivity (Wildman–Crippen MR) is 109 cm³/mol. The Labute approximate surface area is 174 Å². The third-order valence-corrected chi connectivity index (χ3v) is 6.35. The molecule has 6 nitrogen and oxygen atoms in total. The minimum Gasteiger partial charge on any atom is -0.489 e. The Balaban J connectivity index is 1.25. The fourth-order valence-corrected chi connectivity index (χ4v) is 4.87. The Morgan fingerprint density at radius 2 is 1.53 bits per heavy atom. The highest BCUT2D eigenvalue weighted by molar-refractivity contribution is 6.22. The zero-order valence-electron chi connectivity index (χ0n) is 16.5. The molecule has 0 spiro atoms. The number of benzene rings is 2. The van der Waals surface area contributed by atoms with Gasteiger partial charge in [0.05, 0.1) is 30.2 Å². The molecule has 0 aromatic heterocycles. The highest BCUT2D eigenvalue weighted by atomic mass is 16.5. The molecule has 1 saturated carbocycles. The largest absolute Gasteiger partial charge is 0.489 e. The predicted octanol–water partition coefficient (Wildman–Crippen LogP) is 3.36. The van der Waals surface area contributed by atoms with Crippen LogP contribution in [0, 0.1) is 23.7 Å². The molecule has 3 aliphatic rings. The molecule has 2 aromatic rings. The number of carbonyl (C=O) groups excluding carboxylic acids is 3. The first kappa shape index (κ1) is 18.6. The maximum absolute atomic E-state index is 12.9. The Kier molecular flexibility index (Phi) is 4.42. The van der Waals surface area contributed by atoms with Crippen LogP contribution in [-0.2, 0) is 20.9 Å². The summed E-state index contributed by atoms with van der Waals surface area (Å²) >= 11 is 0. The number of ether oxygens (including phenoxy) is 2. The van der Waals surface area contributed by atoms with E-state index >= 15 is 0 Å². The summed E-state index contributed by atoms with van der Waals surface area (Å²) in [5, 5.41) is 0. The molecule has 1 aliphatic heterocycles. The highest BCUT2D eigenvalue weighted by Crippen LogP contribution is 2.53. The number of carbonyl (C=O) groups is 3. The van der Waals surface area contributed by atoms with Gasteiger partial charge in [-0.15, -0.1) is 0 Å². The van der Waals surface area contributed by atoms with Gasteiger partial charge in [0.2, 0.25) is 11.8 Å². The van der Waals surface area contributed by atoms with E-state index in [-0.39, 0.29) is 41.5 Å². The molecule has 0 radical (unpaired) electrons. The van der Waals surface area contributed by atoms with Crippen LogP contribution in [0.15, 0.2) is 60.7 Å². The average Bonchev–Trinajstić information content (AvgIpc) is 3.46. The minimum absolute atomic E-state index is 0.0822. The van der Waals surface area contributed by atoms with Crippen LogP contribution in [0.5, 0.6) is 5.75 Å². The van der Waals surface area contributed by atoms with Crippen molar-refractivity contribution in [2.24, 2.45) is 23.7 Å². The van der Waals surface area contributed by atoms with E-state index in [1.807, 2.05) is 12.1 Å². The van der Waals surface area contributed by atoms with Crippen molar-refractivity contribution < 1.29 is 23.9 Å². The van der Waals surface area contributed by atoms with Gasteiger partial charge in [-0.25, -0.2) is 4.79 Å². The van der Waals surface area contributed by atoms with Gasteiger partial charge in [-0.3, -0.25) is 14.5 Å². The molecule has 2 fully saturated rings. The van der Waals surface area contributed by atoms with Crippen molar-refractivity contribution >= 4 is 23.5 Å². The topological polar surface area (TPSA) is 72.9 Å². The maximum atomic E-state index is 12.9. The molecule has 152 valence electrons. The molecule has 2 aromatic carbocycles. The van der Waals surface area contributed by atoms with Gasteiger partial charge in [0.25, 0.3) is 0 Å². The number of methoxy groups -OCH3 is 1. The van der Waals surface area contributed by atoms with E-state index in [0.29, 0.717) is 23.6 Å². The summed E-state index contributed by atoms with van der Waals surface area (Å²) in [5.74, 6) is 0.105. The summed E-state index contributed by atoms with van der Waals surface area (Å²) in [6.07, 6.45) is 5.11. The molecule has 0 unspecified atom stereocenters. The SMILES string of the molecule is COC(=O)c1ccc(COc2ccc(N3C(=O)[C@@H]4[C@H](C3=O)[C@@H]3C=C[C@H]4C3)cc2)cc1. The van der Waals surface area contributed by atoms with Crippen LogP contribution in [0.1, 0.15) is 22.3 Å². The number of imide groups is 1. The number of esters is 1. The molecule has 1 heterocycles. The second kappa shape index (κ2) is 7.13. The monoisotopic (exact) mass is 403 g/mol. The van der Waals surface area contributed by atoms with Crippen LogP contribution in [-0.4, -0.2) is 24.9 Å². The molecule has 0 N–H and O–H groups in total. The summed E-state index contributed by atoms with van der Waals surface area (Å²) < 4.78 is 10.5. The van der Waals surface area contributed by atoms with E-state index in [4.69, 9.17) is 4.74 Å². The highest BCUT2D eigenvalue weighted by Gasteiger charge is 2.59. The van der Waals surface area contributed by atoms with Gasteiger partial charge in [-0.1, -0.05) is 24.3 Å². The van der Waals surface area contributed by atoms with Gasteiger partial charge in [-0.2, -0.15) is 0 Å². The van der Waals surface area contributed by atoms with E-state index in [1.165, 1.54) is 12.0 Å². The van der Waals surface area contributed by atoms with Crippen LogP contribution in [0.3, 0.4) is 0 Å². The Morgan fingerprint density at radius 1 is 0.933 bits per heavy atom. The fourth-order valence-electron chi connectivity index (χ4n) is 4.87. The van der Waals surface area contributed by atoms with E-state index < -0.39 is 0 Å². The number of hydrogen-bond donors (Lipinski definition) is 0. The van der Waals surface area contributed by atoms with Crippen LogP contribution in [0.2, 0.25) is 0 Å². The van der Waals surface area contributed by atoms with Gasteiger partial charge in [0.15, 0.2) is 0 Å². The summed E-state index contributed by atoms with van der Waals surface area (Å²) in [4.78, 5) is 38.6. The number of allylic oxidation sites excluding steroid dienone is 2. The molecule has 4 atom stereocenters. The Hall–Kier alpha value is -3.41. The van der Waals surface area contributed by atoms with E-state index in [9.17, 15) is 14.4 Å². The molecule has 1 saturated heterocycles. The molecule has 2 bridgehead atoms. The van der Waals surface area contributed by atoms with Gasteiger partial charge in [0.1, 0.15) is 12.4 Å². The zero-order chi connectivity index (χ0) is 20.8. The van der Waals surface area contributed by atoms with Crippen LogP contribution in [0.4, 0.5) is 5.69 Å². The molecule has 5 rings (SSSR count).